The monoisotopic (exact) mass is 585 g/mol. The molecule has 4 aromatic carbocycles. The van der Waals surface area contributed by atoms with Gasteiger partial charge in [-0.25, -0.2) is 0 Å². The van der Waals surface area contributed by atoms with E-state index in [0.717, 1.165) is 30.8 Å². The maximum atomic E-state index is 9.77. The Kier molecular flexibility index (Phi) is 12.0. The van der Waals surface area contributed by atoms with Crippen LogP contribution >= 0.6 is 0 Å². The van der Waals surface area contributed by atoms with Crippen LogP contribution in [0.3, 0.4) is 0 Å². The van der Waals surface area contributed by atoms with E-state index < -0.39 is 6.10 Å². The van der Waals surface area contributed by atoms with Crippen molar-refractivity contribution >= 4 is 10.8 Å². The number of piperidine rings is 1. The fraction of sp³-hybridized carbons (Fsp3) is 0.389. The molecule has 1 fully saturated rings. The average molecular weight is 586 g/mol. The number of hydrogen-bond acceptors (Lipinski definition) is 7. The Morgan fingerprint density at radius 2 is 1.56 bits per heavy atom. The molecule has 0 radical (unpaired) electrons. The molecule has 0 aromatic heterocycles. The smallest absolute Gasteiger partial charge is 0.119 e. The number of hydrogen-bond donors (Lipinski definition) is 3. The SMILES string of the molecule is OC[C@H](O)COC[C@@H]1CNCC(OCc2ccc3ccccc3c2)[C@H]1c1ccc(OCCCOCc2ccccc2)cc1. The van der Waals surface area contributed by atoms with Gasteiger partial charge in [-0.05, 0) is 45.7 Å². The third-order valence-electron chi connectivity index (χ3n) is 7.87. The Balaban J connectivity index is 1.19. The van der Waals surface area contributed by atoms with E-state index in [1.165, 1.54) is 21.9 Å². The van der Waals surface area contributed by atoms with Crippen LogP contribution in [0.4, 0.5) is 0 Å². The Bertz CT molecular complexity index is 1370. The first kappa shape index (κ1) is 31.1. The summed E-state index contributed by atoms with van der Waals surface area (Å²) in [4.78, 5) is 0. The summed E-state index contributed by atoms with van der Waals surface area (Å²) in [5, 5.41) is 24.9. The molecule has 3 N–H and O–H groups in total. The molecule has 43 heavy (non-hydrogen) atoms. The summed E-state index contributed by atoms with van der Waals surface area (Å²) >= 11 is 0. The van der Waals surface area contributed by atoms with Crippen molar-refractivity contribution in [2.75, 3.05) is 46.1 Å². The average Bonchev–Trinajstić information content (AvgIpc) is 3.06. The summed E-state index contributed by atoms with van der Waals surface area (Å²) in [7, 11) is 0. The Labute approximate surface area is 254 Å². The van der Waals surface area contributed by atoms with E-state index in [1.54, 1.807) is 0 Å². The van der Waals surface area contributed by atoms with Gasteiger partial charge in [0.25, 0.3) is 0 Å². The van der Waals surface area contributed by atoms with Crippen LogP contribution < -0.4 is 10.1 Å². The third-order valence-corrected chi connectivity index (χ3v) is 7.87. The van der Waals surface area contributed by atoms with Crippen LogP contribution in [0, 0.1) is 5.92 Å². The van der Waals surface area contributed by atoms with Gasteiger partial charge in [-0.2, -0.15) is 0 Å². The second-order valence-electron chi connectivity index (χ2n) is 11.2. The quantitative estimate of drug-likeness (QED) is 0.158. The van der Waals surface area contributed by atoms with Crippen molar-refractivity contribution < 1.29 is 29.2 Å². The lowest BCUT2D eigenvalue weighted by Gasteiger charge is -2.39. The van der Waals surface area contributed by atoms with Crippen molar-refractivity contribution in [2.45, 2.75) is 37.8 Å². The van der Waals surface area contributed by atoms with E-state index in [4.69, 9.17) is 18.9 Å². The van der Waals surface area contributed by atoms with Crippen LogP contribution in [-0.2, 0) is 27.4 Å². The molecule has 1 heterocycles. The number of aliphatic hydroxyl groups excluding tert-OH is 2. The maximum absolute atomic E-state index is 9.77. The maximum Gasteiger partial charge on any atom is 0.119 e. The predicted octanol–water partition coefficient (Wildman–Crippen LogP) is 5.08. The molecule has 0 aliphatic carbocycles. The topological polar surface area (TPSA) is 89.4 Å². The van der Waals surface area contributed by atoms with Crippen LogP contribution in [0.1, 0.15) is 29.0 Å². The number of fused-ring (bicyclic) bond motifs is 1. The van der Waals surface area contributed by atoms with Gasteiger partial charge >= 0.3 is 0 Å². The summed E-state index contributed by atoms with van der Waals surface area (Å²) in [5.41, 5.74) is 3.47. The zero-order valence-electron chi connectivity index (χ0n) is 24.6. The molecule has 4 atom stereocenters. The number of benzene rings is 4. The van der Waals surface area contributed by atoms with Gasteiger partial charge in [0.05, 0.1) is 52.4 Å². The van der Waals surface area contributed by atoms with E-state index in [-0.39, 0.29) is 31.2 Å². The summed E-state index contributed by atoms with van der Waals surface area (Å²) in [5.74, 6) is 1.05. The zero-order valence-corrected chi connectivity index (χ0v) is 24.6. The first-order valence-corrected chi connectivity index (χ1v) is 15.2. The minimum atomic E-state index is -0.880. The van der Waals surface area contributed by atoms with Crippen molar-refractivity contribution in [3.63, 3.8) is 0 Å². The minimum Gasteiger partial charge on any atom is -0.494 e. The van der Waals surface area contributed by atoms with Crippen molar-refractivity contribution in [2.24, 2.45) is 5.92 Å². The van der Waals surface area contributed by atoms with Crippen molar-refractivity contribution in [1.29, 1.82) is 0 Å². The van der Waals surface area contributed by atoms with Crippen LogP contribution in [0.25, 0.3) is 10.8 Å². The fourth-order valence-corrected chi connectivity index (χ4v) is 5.62. The predicted molar refractivity (Wildman–Crippen MR) is 168 cm³/mol. The summed E-state index contributed by atoms with van der Waals surface area (Å²) < 4.78 is 24.2. The van der Waals surface area contributed by atoms with Crippen LogP contribution in [0.15, 0.2) is 97.1 Å². The molecule has 0 saturated carbocycles. The molecule has 0 spiro atoms. The van der Waals surface area contributed by atoms with Gasteiger partial charge in [0.1, 0.15) is 11.9 Å². The van der Waals surface area contributed by atoms with Crippen LogP contribution in [0.2, 0.25) is 0 Å². The van der Waals surface area contributed by atoms with E-state index in [9.17, 15) is 10.2 Å². The van der Waals surface area contributed by atoms with Crippen LogP contribution in [0.5, 0.6) is 5.75 Å². The summed E-state index contributed by atoms with van der Waals surface area (Å²) in [6.07, 6.45) is -0.132. The van der Waals surface area contributed by atoms with Gasteiger partial charge in [0.15, 0.2) is 0 Å². The van der Waals surface area contributed by atoms with E-state index in [1.807, 2.05) is 30.3 Å². The molecule has 1 unspecified atom stereocenters. The van der Waals surface area contributed by atoms with Gasteiger partial charge in [-0.3, -0.25) is 0 Å². The highest BCUT2D eigenvalue weighted by Gasteiger charge is 2.35. The first-order valence-electron chi connectivity index (χ1n) is 15.2. The lowest BCUT2D eigenvalue weighted by atomic mass is 9.79. The lowest BCUT2D eigenvalue weighted by molar-refractivity contribution is -0.0416. The van der Waals surface area contributed by atoms with E-state index in [2.05, 4.69) is 72.0 Å². The highest BCUT2D eigenvalue weighted by Crippen LogP contribution is 2.34. The first-order chi connectivity index (χ1) is 21.2. The van der Waals surface area contributed by atoms with Crippen molar-refractivity contribution in [3.05, 3.63) is 114 Å². The molecule has 0 amide bonds. The van der Waals surface area contributed by atoms with Gasteiger partial charge in [-0.15, -0.1) is 0 Å². The van der Waals surface area contributed by atoms with Gasteiger partial charge in [0, 0.05) is 31.3 Å². The molecule has 1 saturated heterocycles. The number of aliphatic hydroxyl groups is 2. The number of nitrogens with one attached hydrogen (secondary N) is 1. The Hall–Kier alpha value is -3.30. The molecule has 1 aliphatic rings. The molecule has 228 valence electrons. The minimum absolute atomic E-state index is 0.0647. The van der Waals surface area contributed by atoms with Gasteiger partial charge < -0.3 is 34.5 Å². The lowest BCUT2D eigenvalue weighted by Crippen LogP contribution is -2.48. The third kappa shape index (κ3) is 9.34. The molecular formula is C36H43NO6. The normalized spacial score (nSPS) is 19.3. The molecule has 4 aromatic rings. The second kappa shape index (κ2) is 16.5. The van der Waals surface area contributed by atoms with E-state index >= 15 is 0 Å². The van der Waals surface area contributed by atoms with Crippen molar-refractivity contribution in [1.82, 2.24) is 5.32 Å². The molecule has 7 heteroatoms. The Morgan fingerprint density at radius 3 is 2.37 bits per heavy atom. The zero-order chi connectivity index (χ0) is 29.7. The summed E-state index contributed by atoms with van der Waals surface area (Å²) in [6.45, 7) is 4.10. The highest BCUT2D eigenvalue weighted by atomic mass is 16.5. The van der Waals surface area contributed by atoms with E-state index in [0.29, 0.717) is 33.0 Å². The molecular weight excluding hydrogens is 542 g/mol. The summed E-state index contributed by atoms with van der Waals surface area (Å²) in [6, 6.07) is 33.3. The molecule has 1 aliphatic heterocycles. The fourth-order valence-electron chi connectivity index (χ4n) is 5.62. The van der Waals surface area contributed by atoms with Gasteiger partial charge in [0.2, 0.25) is 0 Å². The highest BCUT2D eigenvalue weighted by molar-refractivity contribution is 5.82. The molecule has 7 nitrogen and oxygen atoms in total. The molecule has 5 rings (SSSR count). The van der Waals surface area contributed by atoms with Gasteiger partial charge in [-0.1, -0.05) is 78.9 Å². The van der Waals surface area contributed by atoms with Crippen LogP contribution in [-0.4, -0.2) is 68.5 Å². The number of rotatable bonds is 16. The largest absolute Gasteiger partial charge is 0.494 e. The van der Waals surface area contributed by atoms with Crippen molar-refractivity contribution in [3.8, 4) is 5.75 Å². The molecule has 0 bridgehead atoms. The Morgan fingerprint density at radius 1 is 0.767 bits per heavy atom. The number of ether oxygens (including phenoxy) is 4. The second-order valence-corrected chi connectivity index (χ2v) is 11.2. The standard InChI is InChI=1S/C36H43NO6/c38-22-33(39)26-41-25-32-20-37-21-35(43-24-28-11-12-29-9-4-5-10-31(29)19-28)36(32)30-13-15-34(16-14-30)42-18-6-17-40-23-27-7-2-1-3-8-27/h1-5,7-16,19,32-33,35-39H,6,17-18,20-26H2/t32-,33-,35?,36-/m0/s1.